The van der Waals surface area contributed by atoms with Crippen LogP contribution in [-0.4, -0.2) is 5.11 Å². The SMILES string of the molecule is OC(c1cc2c(s1)CCCC2)c1cccc2ccccc12. The molecule has 0 fully saturated rings. The summed E-state index contributed by atoms with van der Waals surface area (Å²) in [5.74, 6) is 0. The minimum atomic E-state index is -0.508. The van der Waals surface area contributed by atoms with Crippen LogP contribution in [0.15, 0.2) is 48.5 Å². The fraction of sp³-hybridized carbons (Fsp3) is 0.263. The van der Waals surface area contributed by atoms with Crippen LogP contribution in [-0.2, 0) is 12.8 Å². The number of thiophene rings is 1. The summed E-state index contributed by atoms with van der Waals surface area (Å²) >= 11 is 1.80. The number of aliphatic hydroxyl groups excluding tert-OH is 1. The lowest BCUT2D eigenvalue weighted by Gasteiger charge is -2.12. The van der Waals surface area contributed by atoms with E-state index in [9.17, 15) is 5.11 Å². The zero-order valence-electron chi connectivity index (χ0n) is 11.9. The van der Waals surface area contributed by atoms with Crippen LogP contribution in [0.25, 0.3) is 10.8 Å². The highest BCUT2D eigenvalue weighted by molar-refractivity contribution is 7.12. The van der Waals surface area contributed by atoms with E-state index in [0.717, 1.165) is 15.8 Å². The van der Waals surface area contributed by atoms with Crippen LogP contribution in [0.2, 0.25) is 0 Å². The molecular formula is C19H18OS. The molecule has 0 saturated carbocycles. The van der Waals surface area contributed by atoms with Gasteiger partial charge in [0.15, 0.2) is 0 Å². The van der Waals surface area contributed by atoms with Crippen LogP contribution in [0.1, 0.15) is 39.8 Å². The Morgan fingerprint density at radius 2 is 1.76 bits per heavy atom. The Bertz CT molecular complexity index is 758. The molecule has 1 aromatic heterocycles. The first-order chi connectivity index (χ1) is 10.3. The van der Waals surface area contributed by atoms with Crippen LogP contribution in [0.3, 0.4) is 0 Å². The van der Waals surface area contributed by atoms with Crippen molar-refractivity contribution in [3.8, 4) is 0 Å². The van der Waals surface area contributed by atoms with Crippen molar-refractivity contribution in [1.29, 1.82) is 0 Å². The van der Waals surface area contributed by atoms with Gasteiger partial charge in [0, 0.05) is 9.75 Å². The molecule has 0 saturated heterocycles. The molecule has 1 aliphatic rings. The maximum atomic E-state index is 10.8. The maximum absolute atomic E-state index is 10.8. The van der Waals surface area contributed by atoms with Gasteiger partial charge in [0.2, 0.25) is 0 Å². The van der Waals surface area contributed by atoms with Crippen molar-refractivity contribution in [2.75, 3.05) is 0 Å². The van der Waals surface area contributed by atoms with E-state index in [2.05, 4.69) is 24.3 Å². The van der Waals surface area contributed by atoms with E-state index in [1.165, 1.54) is 41.5 Å². The van der Waals surface area contributed by atoms with Crippen LogP contribution >= 0.6 is 11.3 Å². The van der Waals surface area contributed by atoms with E-state index in [1.807, 2.05) is 24.3 Å². The van der Waals surface area contributed by atoms with Gasteiger partial charge in [-0.2, -0.15) is 0 Å². The normalized spacial score (nSPS) is 15.9. The second-order valence-electron chi connectivity index (χ2n) is 5.78. The summed E-state index contributed by atoms with van der Waals surface area (Å²) in [4.78, 5) is 2.58. The predicted molar refractivity (Wildman–Crippen MR) is 89.0 cm³/mol. The van der Waals surface area contributed by atoms with Gasteiger partial charge in [-0.25, -0.2) is 0 Å². The van der Waals surface area contributed by atoms with Gasteiger partial charge in [-0.1, -0.05) is 42.5 Å². The monoisotopic (exact) mass is 294 g/mol. The lowest BCUT2D eigenvalue weighted by Crippen LogP contribution is -1.98. The number of fused-ring (bicyclic) bond motifs is 2. The fourth-order valence-corrected chi connectivity index (χ4v) is 4.55. The van der Waals surface area contributed by atoms with E-state index in [-0.39, 0.29) is 0 Å². The van der Waals surface area contributed by atoms with Crippen molar-refractivity contribution in [3.63, 3.8) is 0 Å². The third kappa shape index (κ3) is 2.29. The van der Waals surface area contributed by atoms with Gasteiger partial charge >= 0.3 is 0 Å². The van der Waals surface area contributed by atoms with Crippen molar-refractivity contribution >= 4 is 22.1 Å². The van der Waals surface area contributed by atoms with E-state index in [0.29, 0.717) is 0 Å². The quantitative estimate of drug-likeness (QED) is 0.715. The zero-order chi connectivity index (χ0) is 14.2. The predicted octanol–water partition coefficient (Wildman–Crippen LogP) is 4.86. The van der Waals surface area contributed by atoms with E-state index >= 15 is 0 Å². The summed E-state index contributed by atoms with van der Waals surface area (Å²) in [5.41, 5.74) is 2.48. The number of hydrogen-bond donors (Lipinski definition) is 1. The molecule has 0 amide bonds. The Labute approximate surface area is 128 Å². The van der Waals surface area contributed by atoms with E-state index in [4.69, 9.17) is 0 Å². The first kappa shape index (κ1) is 13.1. The fourth-order valence-electron chi connectivity index (χ4n) is 3.29. The Morgan fingerprint density at radius 1 is 0.952 bits per heavy atom. The zero-order valence-corrected chi connectivity index (χ0v) is 12.7. The molecule has 1 nitrogen and oxygen atoms in total. The highest BCUT2D eigenvalue weighted by atomic mass is 32.1. The van der Waals surface area contributed by atoms with Gasteiger partial charge in [0.25, 0.3) is 0 Å². The van der Waals surface area contributed by atoms with Crippen LogP contribution < -0.4 is 0 Å². The summed E-state index contributed by atoms with van der Waals surface area (Å²) in [6.07, 6.45) is 4.42. The molecule has 3 aromatic rings. The Balaban J connectivity index is 1.79. The van der Waals surface area contributed by atoms with Gasteiger partial charge < -0.3 is 5.11 Å². The summed E-state index contributed by atoms with van der Waals surface area (Å²) in [5, 5.41) is 13.2. The Hall–Kier alpha value is -1.64. The molecule has 4 rings (SSSR count). The average molecular weight is 294 g/mol. The minimum Gasteiger partial charge on any atom is -0.383 e. The van der Waals surface area contributed by atoms with E-state index in [1.54, 1.807) is 11.3 Å². The van der Waals surface area contributed by atoms with Crippen LogP contribution in [0, 0.1) is 0 Å². The van der Waals surface area contributed by atoms with Gasteiger partial charge in [0.05, 0.1) is 0 Å². The molecule has 2 aromatic carbocycles. The number of benzene rings is 2. The molecule has 0 radical (unpaired) electrons. The Morgan fingerprint density at radius 3 is 2.67 bits per heavy atom. The number of rotatable bonds is 2. The molecule has 1 heterocycles. The first-order valence-corrected chi connectivity index (χ1v) is 8.42. The molecular weight excluding hydrogens is 276 g/mol. The van der Waals surface area contributed by atoms with Gasteiger partial charge in [-0.05, 0) is 53.6 Å². The molecule has 0 aliphatic heterocycles. The summed E-state index contributed by atoms with van der Waals surface area (Å²) in [6, 6.07) is 16.7. The van der Waals surface area contributed by atoms with Crippen molar-refractivity contribution in [2.45, 2.75) is 31.8 Å². The molecule has 1 atom stereocenters. The van der Waals surface area contributed by atoms with Gasteiger partial charge in [-0.15, -0.1) is 11.3 Å². The number of aliphatic hydroxyl groups is 1. The lowest BCUT2D eigenvalue weighted by atomic mass is 9.97. The maximum Gasteiger partial charge on any atom is 0.114 e. The van der Waals surface area contributed by atoms with Crippen LogP contribution in [0.5, 0.6) is 0 Å². The topological polar surface area (TPSA) is 20.2 Å². The van der Waals surface area contributed by atoms with Crippen molar-refractivity contribution < 1.29 is 5.11 Å². The third-order valence-electron chi connectivity index (χ3n) is 4.40. The lowest BCUT2D eigenvalue weighted by molar-refractivity contribution is 0.225. The summed E-state index contributed by atoms with van der Waals surface area (Å²) < 4.78 is 0. The van der Waals surface area contributed by atoms with Crippen LogP contribution in [0.4, 0.5) is 0 Å². The second-order valence-corrected chi connectivity index (χ2v) is 6.94. The first-order valence-electron chi connectivity index (χ1n) is 7.60. The standard InChI is InChI=1S/C19H18OS/c20-19(18-12-14-7-2-4-11-17(14)21-18)16-10-5-8-13-6-1-3-9-15(13)16/h1,3,5-6,8-10,12,19-20H,2,4,7,11H2. The summed E-state index contributed by atoms with van der Waals surface area (Å²) in [6.45, 7) is 0. The molecule has 1 N–H and O–H groups in total. The van der Waals surface area contributed by atoms with E-state index < -0.39 is 6.10 Å². The molecule has 21 heavy (non-hydrogen) atoms. The molecule has 1 aliphatic carbocycles. The highest BCUT2D eigenvalue weighted by Gasteiger charge is 2.20. The van der Waals surface area contributed by atoms with Gasteiger partial charge in [-0.3, -0.25) is 0 Å². The van der Waals surface area contributed by atoms with Crippen molar-refractivity contribution in [3.05, 3.63) is 69.4 Å². The highest BCUT2D eigenvalue weighted by Crippen LogP contribution is 2.37. The summed E-state index contributed by atoms with van der Waals surface area (Å²) in [7, 11) is 0. The number of aryl methyl sites for hydroxylation is 2. The molecule has 2 heteroatoms. The molecule has 0 spiro atoms. The smallest absolute Gasteiger partial charge is 0.114 e. The largest absolute Gasteiger partial charge is 0.383 e. The minimum absolute atomic E-state index is 0.508. The Kier molecular flexibility index (Phi) is 3.28. The average Bonchev–Trinajstić information content (AvgIpc) is 2.97. The van der Waals surface area contributed by atoms with Gasteiger partial charge in [0.1, 0.15) is 6.10 Å². The molecule has 0 bridgehead atoms. The van der Waals surface area contributed by atoms with Crippen molar-refractivity contribution in [2.24, 2.45) is 0 Å². The molecule has 106 valence electrons. The number of hydrogen-bond acceptors (Lipinski definition) is 2. The third-order valence-corrected chi connectivity index (χ3v) is 5.69. The van der Waals surface area contributed by atoms with Crippen molar-refractivity contribution in [1.82, 2.24) is 0 Å². The second kappa shape index (κ2) is 5.28. The molecule has 1 unspecified atom stereocenters.